The molecule has 0 spiro atoms. The molecular formula is C23H31N3O2. The molecule has 0 fully saturated rings. The van der Waals surface area contributed by atoms with Crippen LogP contribution in [0.15, 0.2) is 48.5 Å². The summed E-state index contributed by atoms with van der Waals surface area (Å²) >= 11 is 0. The molecule has 0 bridgehead atoms. The van der Waals surface area contributed by atoms with Crippen LogP contribution in [-0.4, -0.2) is 31.7 Å². The number of ether oxygens (including phenoxy) is 1. The third-order valence-electron chi connectivity index (χ3n) is 6.01. The van der Waals surface area contributed by atoms with Gasteiger partial charge in [0.1, 0.15) is 0 Å². The summed E-state index contributed by atoms with van der Waals surface area (Å²) in [5, 5.41) is 3.68. The Bertz CT molecular complexity index is 820. The van der Waals surface area contributed by atoms with Gasteiger partial charge in [-0.1, -0.05) is 50.2 Å². The molecule has 0 aliphatic heterocycles. The van der Waals surface area contributed by atoms with Gasteiger partial charge in [0, 0.05) is 36.6 Å². The maximum Gasteiger partial charge on any atom is 0.248 e. The Morgan fingerprint density at radius 3 is 2.61 bits per heavy atom. The highest BCUT2D eigenvalue weighted by Crippen LogP contribution is 2.38. The maximum absolute atomic E-state index is 11.6. The lowest BCUT2D eigenvalue weighted by Crippen LogP contribution is -2.57. The van der Waals surface area contributed by atoms with Crippen LogP contribution in [0.1, 0.15) is 53.4 Å². The van der Waals surface area contributed by atoms with E-state index in [9.17, 15) is 4.79 Å². The molecule has 2 aromatic carbocycles. The average molecular weight is 382 g/mol. The van der Waals surface area contributed by atoms with E-state index < -0.39 is 5.91 Å². The van der Waals surface area contributed by atoms with E-state index in [1.165, 1.54) is 5.56 Å². The summed E-state index contributed by atoms with van der Waals surface area (Å²) in [7, 11) is 1.76. The molecule has 1 amide bonds. The largest absolute Gasteiger partial charge is 0.379 e. The van der Waals surface area contributed by atoms with Crippen molar-refractivity contribution < 1.29 is 9.53 Å². The van der Waals surface area contributed by atoms with Gasteiger partial charge in [0.15, 0.2) is 0 Å². The molecule has 0 aromatic heterocycles. The number of rotatable bonds is 7. The van der Waals surface area contributed by atoms with Gasteiger partial charge in [-0.05, 0) is 41.8 Å². The molecule has 0 saturated carbocycles. The lowest BCUT2D eigenvalue weighted by atomic mass is 9.67. The van der Waals surface area contributed by atoms with Crippen LogP contribution in [-0.2, 0) is 16.6 Å². The van der Waals surface area contributed by atoms with Gasteiger partial charge >= 0.3 is 0 Å². The number of carbonyl (C=O) groups is 1. The van der Waals surface area contributed by atoms with Crippen molar-refractivity contribution in [2.75, 3.05) is 13.7 Å². The van der Waals surface area contributed by atoms with Crippen LogP contribution < -0.4 is 16.8 Å². The zero-order chi connectivity index (χ0) is 20.3. The van der Waals surface area contributed by atoms with Gasteiger partial charge in [0.05, 0.1) is 6.10 Å². The van der Waals surface area contributed by atoms with Crippen LogP contribution >= 0.6 is 0 Å². The average Bonchev–Trinajstić information content (AvgIpc) is 2.69. The second-order valence-electron chi connectivity index (χ2n) is 8.17. The summed E-state index contributed by atoms with van der Waals surface area (Å²) in [5.74, 6) is -0.397. The van der Waals surface area contributed by atoms with Crippen molar-refractivity contribution in [1.82, 2.24) is 5.32 Å². The third kappa shape index (κ3) is 4.12. The second-order valence-corrected chi connectivity index (χ2v) is 8.17. The van der Waals surface area contributed by atoms with Crippen molar-refractivity contribution in [3.8, 4) is 0 Å². The number of amides is 1. The summed E-state index contributed by atoms with van der Waals surface area (Å²) in [6, 6.07) is 16.0. The molecule has 1 aliphatic carbocycles. The molecule has 28 heavy (non-hydrogen) atoms. The molecule has 1 aliphatic rings. The molecule has 0 heterocycles. The smallest absolute Gasteiger partial charge is 0.248 e. The van der Waals surface area contributed by atoms with Crippen molar-refractivity contribution >= 4 is 5.91 Å². The lowest BCUT2D eigenvalue weighted by molar-refractivity contribution is 0.0354. The number of primary amides is 1. The molecule has 0 unspecified atom stereocenters. The van der Waals surface area contributed by atoms with Gasteiger partial charge in [0.25, 0.3) is 0 Å². The molecule has 5 nitrogen and oxygen atoms in total. The number of carbonyl (C=O) groups excluding carboxylic acids is 1. The number of benzene rings is 2. The molecule has 150 valence electrons. The van der Waals surface area contributed by atoms with E-state index in [0.717, 1.165) is 30.5 Å². The molecular weight excluding hydrogens is 350 g/mol. The van der Waals surface area contributed by atoms with E-state index >= 15 is 0 Å². The van der Waals surface area contributed by atoms with E-state index in [4.69, 9.17) is 16.2 Å². The SMILES string of the molecule is CO[C@H]1Cc2ccc(C(N)=O)cc2C(C)(C)[C@@H]1NCC[C@@H](N)c1ccccc1. The fourth-order valence-electron chi connectivity index (χ4n) is 4.34. The molecule has 5 N–H and O–H groups in total. The molecule has 0 radical (unpaired) electrons. The predicted octanol–water partition coefficient (Wildman–Crippen LogP) is 2.68. The van der Waals surface area contributed by atoms with Crippen molar-refractivity contribution in [2.24, 2.45) is 11.5 Å². The summed E-state index contributed by atoms with van der Waals surface area (Å²) < 4.78 is 5.83. The highest BCUT2D eigenvalue weighted by atomic mass is 16.5. The van der Waals surface area contributed by atoms with Crippen LogP contribution in [0.3, 0.4) is 0 Å². The third-order valence-corrected chi connectivity index (χ3v) is 6.01. The molecule has 5 heteroatoms. The van der Waals surface area contributed by atoms with E-state index in [2.05, 4.69) is 31.3 Å². The Morgan fingerprint density at radius 1 is 1.25 bits per heavy atom. The minimum absolute atomic E-state index is 0.00449. The Kier molecular flexibility index (Phi) is 6.18. The van der Waals surface area contributed by atoms with E-state index in [0.29, 0.717) is 5.56 Å². The van der Waals surface area contributed by atoms with Gasteiger partial charge in [-0.3, -0.25) is 4.79 Å². The fraction of sp³-hybridized carbons (Fsp3) is 0.435. The van der Waals surface area contributed by atoms with Gasteiger partial charge in [0.2, 0.25) is 5.91 Å². The zero-order valence-electron chi connectivity index (χ0n) is 16.9. The van der Waals surface area contributed by atoms with E-state index in [1.807, 2.05) is 30.3 Å². The van der Waals surface area contributed by atoms with Gasteiger partial charge in [-0.15, -0.1) is 0 Å². The summed E-state index contributed by atoms with van der Waals surface area (Å²) in [6.07, 6.45) is 1.69. The van der Waals surface area contributed by atoms with Gasteiger partial charge < -0.3 is 21.5 Å². The highest BCUT2D eigenvalue weighted by Gasteiger charge is 2.42. The first-order valence-corrected chi connectivity index (χ1v) is 9.84. The molecule has 2 aromatic rings. The first-order chi connectivity index (χ1) is 13.3. The van der Waals surface area contributed by atoms with Gasteiger partial charge in [-0.25, -0.2) is 0 Å². The number of fused-ring (bicyclic) bond motifs is 1. The Morgan fingerprint density at radius 2 is 1.96 bits per heavy atom. The normalized spacial score (nSPS) is 21.7. The maximum atomic E-state index is 11.6. The summed E-state index contributed by atoms with van der Waals surface area (Å²) in [6.45, 7) is 5.17. The number of methoxy groups -OCH3 is 1. The standard InChI is InChI=1S/C23H31N3O2/c1-23(2)18-13-17(22(25)27)10-9-16(18)14-20(28-3)21(23)26-12-11-19(24)15-7-5-4-6-8-15/h4-10,13,19-21,26H,11-12,14,24H2,1-3H3,(H2,25,27)/t19-,20+,21-/m1/s1. The Balaban J connectivity index is 1.76. The Labute approximate surface area is 167 Å². The number of hydrogen-bond donors (Lipinski definition) is 3. The van der Waals surface area contributed by atoms with Crippen LogP contribution in [0.5, 0.6) is 0 Å². The molecule has 3 rings (SSSR count). The minimum Gasteiger partial charge on any atom is -0.379 e. The number of nitrogens with one attached hydrogen (secondary N) is 1. The van der Waals surface area contributed by atoms with Crippen molar-refractivity contribution in [3.63, 3.8) is 0 Å². The summed E-state index contributed by atoms with van der Waals surface area (Å²) in [5.41, 5.74) is 15.7. The predicted molar refractivity (Wildman–Crippen MR) is 112 cm³/mol. The van der Waals surface area contributed by atoms with Crippen molar-refractivity contribution in [2.45, 2.75) is 50.3 Å². The lowest BCUT2D eigenvalue weighted by Gasteiger charge is -2.45. The topological polar surface area (TPSA) is 90.4 Å². The minimum atomic E-state index is -0.397. The monoisotopic (exact) mass is 381 g/mol. The quantitative estimate of drug-likeness (QED) is 0.688. The van der Waals surface area contributed by atoms with Crippen LogP contribution in [0.2, 0.25) is 0 Å². The number of hydrogen-bond acceptors (Lipinski definition) is 4. The van der Waals surface area contributed by atoms with Crippen LogP contribution in [0.4, 0.5) is 0 Å². The van der Waals surface area contributed by atoms with Crippen LogP contribution in [0, 0.1) is 0 Å². The highest BCUT2D eigenvalue weighted by molar-refractivity contribution is 5.93. The zero-order valence-corrected chi connectivity index (χ0v) is 16.9. The first kappa shape index (κ1) is 20.5. The number of nitrogens with two attached hydrogens (primary N) is 2. The van der Waals surface area contributed by atoms with E-state index in [-0.39, 0.29) is 23.6 Å². The van der Waals surface area contributed by atoms with Crippen molar-refractivity contribution in [3.05, 3.63) is 70.8 Å². The summed E-state index contributed by atoms with van der Waals surface area (Å²) in [4.78, 5) is 11.6. The first-order valence-electron chi connectivity index (χ1n) is 9.84. The van der Waals surface area contributed by atoms with Gasteiger partial charge in [-0.2, -0.15) is 0 Å². The fourth-order valence-corrected chi connectivity index (χ4v) is 4.34. The molecule has 0 saturated heterocycles. The second kappa shape index (κ2) is 8.43. The van der Waals surface area contributed by atoms with Crippen LogP contribution in [0.25, 0.3) is 0 Å². The van der Waals surface area contributed by atoms with E-state index in [1.54, 1.807) is 13.2 Å². The Hall–Kier alpha value is -2.21. The molecule has 3 atom stereocenters. The van der Waals surface area contributed by atoms with Crippen molar-refractivity contribution in [1.29, 1.82) is 0 Å².